The number of nitrogens with one attached hydrogen (secondary N) is 2. The molecule has 0 heterocycles. The number of hydrogen-bond acceptors (Lipinski definition) is 7. The molecule has 0 fully saturated rings. The number of carbonyl (C=O) groups excluding carboxylic acids is 4. The Bertz CT molecular complexity index is 1190. The molecule has 0 aromatic heterocycles. The van der Waals surface area contributed by atoms with E-state index in [4.69, 9.17) is 9.47 Å². The summed E-state index contributed by atoms with van der Waals surface area (Å²) in [4.78, 5) is 54.3. The van der Waals surface area contributed by atoms with E-state index in [1.807, 2.05) is 37.3 Å². The second-order valence-corrected chi connectivity index (χ2v) is 11.0. The number of hydrogen-bond donors (Lipinski definition) is 3. The molecule has 10 nitrogen and oxygen atoms in total. The molecule has 0 spiro atoms. The number of carbonyl (C=O) groups is 4. The second kappa shape index (κ2) is 16.4. The normalized spacial score (nSPS) is 12.5. The first-order valence-electron chi connectivity index (χ1n) is 14.4. The Morgan fingerprint density at radius 2 is 1.69 bits per heavy atom. The van der Waals surface area contributed by atoms with E-state index in [-0.39, 0.29) is 43.9 Å². The number of aryl methyl sites for hydroxylation is 1. The first kappa shape index (κ1) is 34.1. The van der Waals surface area contributed by atoms with Gasteiger partial charge in [-0.25, -0.2) is 4.79 Å². The third-order valence-electron chi connectivity index (χ3n) is 6.36. The van der Waals surface area contributed by atoms with E-state index in [1.165, 1.54) is 4.90 Å². The lowest BCUT2D eigenvalue weighted by Gasteiger charge is -2.35. The number of aromatic hydroxyl groups is 1. The number of amides is 3. The van der Waals surface area contributed by atoms with Gasteiger partial charge in [0, 0.05) is 25.1 Å². The maximum Gasteiger partial charge on any atom is 0.408 e. The lowest BCUT2D eigenvalue weighted by atomic mass is 9.97. The van der Waals surface area contributed by atoms with Crippen LogP contribution in [0, 0.1) is 6.92 Å². The third kappa shape index (κ3) is 10.7. The number of ether oxygens (including phenoxy) is 2. The van der Waals surface area contributed by atoms with E-state index in [0.29, 0.717) is 12.0 Å². The number of alkyl carbamates (subject to hydrolysis) is 1. The summed E-state index contributed by atoms with van der Waals surface area (Å²) in [6, 6.07) is 11.9. The molecule has 230 valence electrons. The van der Waals surface area contributed by atoms with Gasteiger partial charge in [0.15, 0.2) is 0 Å². The average Bonchev–Trinajstić information content (AvgIpc) is 2.92. The molecule has 42 heavy (non-hydrogen) atoms. The molecule has 2 atom stereocenters. The van der Waals surface area contributed by atoms with Gasteiger partial charge in [-0.2, -0.15) is 0 Å². The van der Waals surface area contributed by atoms with Crippen molar-refractivity contribution >= 4 is 23.9 Å². The van der Waals surface area contributed by atoms with Crippen LogP contribution in [-0.2, 0) is 30.3 Å². The van der Waals surface area contributed by atoms with Crippen molar-refractivity contribution in [2.45, 2.75) is 84.9 Å². The average molecular weight is 584 g/mol. The fraction of sp³-hybridized carbons (Fsp3) is 0.500. The van der Waals surface area contributed by atoms with Gasteiger partial charge in [-0.15, -0.1) is 0 Å². The lowest BCUT2D eigenvalue weighted by Crippen LogP contribution is -2.54. The van der Waals surface area contributed by atoms with Crippen LogP contribution in [0.1, 0.15) is 76.6 Å². The van der Waals surface area contributed by atoms with E-state index in [0.717, 1.165) is 12.0 Å². The van der Waals surface area contributed by atoms with Crippen molar-refractivity contribution in [3.05, 3.63) is 65.2 Å². The fourth-order valence-electron chi connectivity index (χ4n) is 4.37. The van der Waals surface area contributed by atoms with E-state index in [1.54, 1.807) is 52.8 Å². The molecule has 3 amide bonds. The van der Waals surface area contributed by atoms with Crippen LogP contribution in [0.4, 0.5) is 4.79 Å². The highest BCUT2D eigenvalue weighted by Gasteiger charge is 2.37. The predicted molar refractivity (Wildman–Crippen MR) is 160 cm³/mol. The number of phenols is 1. The minimum Gasteiger partial charge on any atom is -0.507 e. The summed E-state index contributed by atoms with van der Waals surface area (Å²) in [7, 11) is 0. The van der Waals surface area contributed by atoms with Crippen molar-refractivity contribution in [3.63, 3.8) is 0 Å². The third-order valence-corrected chi connectivity index (χ3v) is 6.36. The number of nitrogens with zero attached hydrogens (tertiary/aromatic N) is 1. The van der Waals surface area contributed by atoms with E-state index < -0.39 is 41.6 Å². The largest absolute Gasteiger partial charge is 0.507 e. The molecule has 0 saturated carbocycles. The molecular formula is C32H45N3O7. The standard InChI is InChI=1S/C32H45N3O7/c1-7-9-20-35(30(39)25(21-23-15-11-10-12-16-23)34-31(40)42-32(4,5)6)27(24-17-13-14-22(3)28(24)37)29(38)33-19-18-26(36)41-8-2/h10-17,25,27,37H,7-9,18-21H2,1-6H3,(H,33,38)(H,34,40). The van der Waals surface area contributed by atoms with Crippen molar-refractivity contribution in [2.24, 2.45) is 0 Å². The Morgan fingerprint density at radius 1 is 1.00 bits per heavy atom. The minimum absolute atomic E-state index is 0.0137. The molecule has 0 bridgehead atoms. The second-order valence-electron chi connectivity index (χ2n) is 11.0. The molecule has 0 saturated heterocycles. The Labute approximate surface area is 248 Å². The molecule has 2 rings (SSSR count). The SMILES string of the molecule is CCCCN(C(=O)C(Cc1ccccc1)NC(=O)OC(C)(C)C)C(C(=O)NCCC(=O)OCC)c1cccc(C)c1O. The van der Waals surface area contributed by atoms with Crippen LogP contribution in [0.3, 0.4) is 0 Å². The smallest absolute Gasteiger partial charge is 0.408 e. The van der Waals surface area contributed by atoms with Gasteiger partial charge in [0.25, 0.3) is 0 Å². The van der Waals surface area contributed by atoms with Crippen LogP contribution < -0.4 is 10.6 Å². The molecule has 3 N–H and O–H groups in total. The summed E-state index contributed by atoms with van der Waals surface area (Å²) < 4.78 is 10.4. The van der Waals surface area contributed by atoms with Crippen LogP contribution in [0.2, 0.25) is 0 Å². The van der Waals surface area contributed by atoms with Gasteiger partial charge >= 0.3 is 12.1 Å². The van der Waals surface area contributed by atoms with E-state index >= 15 is 0 Å². The van der Waals surface area contributed by atoms with Gasteiger partial charge in [0.05, 0.1) is 13.0 Å². The zero-order valence-corrected chi connectivity index (χ0v) is 25.6. The fourth-order valence-corrected chi connectivity index (χ4v) is 4.37. The van der Waals surface area contributed by atoms with Gasteiger partial charge in [-0.3, -0.25) is 14.4 Å². The summed E-state index contributed by atoms with van der Waals surface area (Å²) in [5, 5.41) is 16.5. The molecule has 2 aromatic rings. The molecule has 0 aliphatic heterocycles. The molecule has 0 aliphatic rings. The predicted octanol–water partition coefficient (Wildman–Crippen LogP) is 4.58. The zero-order valence-electron chi connectivity index (χ0n) is 25.6. The summed E-state index contributed by atoms with van der Waals surface area (Å²) in [6.07, 6.45) is 0.629. The van der Waals surface area contributed by atoms with Crippen LogP contribution in [-0.4, -0.2) is 65.2 Å². The van der Waals surface area contributed by atoms with Gasteiger partial charge < -0.3 is 30.1 Å². The molecule has 0 radical (unpaired) electrons. The monoisotopic (exact) mass is 583 g/mol. The van der Waals surface area contributed by atoms with Crippen molar-refractivity contribution in [2.75, 3.05) is 19.7 Å². The van der Waals surface area contributed by atoms with Crippen LogP contribution in [0.15, 0.2) is 48.5 Å². The number of rotatable bonds is 14. The van der Waals surface area contributed by atoms with Gasteiger partial charge in [0.1, 0.15) is 23.4 Å². The summed E-state index contributed by atoms with van der Waals surface area (Å²) in [5.41, 5.74) is 0.786. The van der Waals surface area contributed by atoms with Crippen LogP contribution in [0.25, 0.3) is 0 Å². The van der Waals surface area contributed by atoms with Crippen molar-refractivity contribution in [3.8, 4) is 5.75 Å². The van der Waals surface area contributed by atoms with Gasteiger partial charge in [-0.1, -0.05) is 61.9 Å². The molecule has 2 unspecified atom stereocenters. The van der Waals surface area contributed by atoms with E-state index in [2.05, 4.69) is 10.6 Å². The minimum atomic E-state index is -1.23. The van der Waals surface area contributed by atoms with Crippen molar-refractivity contribution in [1.29, 1.82) is 0 Å². The van der Waals surface area contributed by atoms with Gasteiger partial charge in [-0.05, 0) is 52.2 Å². The maximum atomic E-state index is 14.4. The number of phenolic OH excluding ortho intramolecular Hbond substituents is 1. The van der Waals surface area contributed by atoms with Gasteiger partial charge in [0.2, 0.25) is 11.8 Å². The number of unbranched alkanes of at least 4 members (excludes halogenated alkanes) is 1. The Hall–Kier alpha value is -4.08. The highest BCUT2D eigenvalue weighted by atomic mass is 16.6. The quantitative estimate of drug-likeness (QED) is 0.277. The summed E-state index contributed by atoms with van der Waals surface area (Å²) >= 11 is 0. The first-order valence-corrected chi connectivity index (χ1v) is 14.4. The lowest BCUT2D eigenvalue weighted by molar-refractivity contribution is -0.144. The zero-order chi connectivity index (χ0) is 31.3. The highest BCUT2D eigenvalue weighted by Crippen LogP contribution is 2.32. The van der Waals surface area contributed by atoms with Crippen LogP contribution >= 0.6 is 0 Å². The Kier molecular flexibility index (Phi) is 13.3. The number of benzene rings is 2. The molecule has 2 aromatic carbocycles. The topological polar surface area (TPSA) is 134 Å². The molecule has 0 aliphatic carbocycles. The van der Waals surface area contributed by atoms with E-state index in [9.17, 15) is 24.3 Å². The van der Waals surface area contributed by atoms with Crippen LogP contribution in [0.5, 0.6) is 5.75 Å². The molecular weight excluding hydrogens is 538 g/mol. The first-order chi connectivity index (χ1) is 19.9. The Balaban J connectivity index is 2.53. The summed E-state index contributed by atoms with van der Waals surface area (Å²) in [6.45, 7) is 10.9. The highest BCUT2D eigenvalue weighted by molar-refractivity contribution is 5.93. The molecule has 10 heteroatoms. The summed E-state index contributed by atoms with van der Waals surface area (Å²) in [5.74, 6) is -1.65. The number of esters is 1. The van der Waals surface area contributed by atoms with Crippen molar-refractivity contribution < 1.29 is 33.8 Å². The maximum absolute atomic E-state index is 14.4. The Morgan fingerprint density at radius 3 is 2.31 bits per heavy atom. The van der Waals surface area contributed by atoms with Crippen molar-refractivity contribution in [1.82, 2.24) is 15.5 Å². The number of para-hydroxylation sites is 1.